The second kappa shape index (κ2) is 9.20. The fourth-order valence-corrected chi connectivity index (χ4v) is 2.85. The predicted octanol–water partition coefficient (Wildman–Crippen LogP) is 4.36. The zero-order chi connectivity index (χ0) is 20.8. The first-order valence-corrected chi connectivity index (χ1v) is 9.24. The number of nitrogens with zero attached hydrogens (tertiary/aromatic N) is 3. The van der Waals surface area contributed by atoms with E-state index in [2.05, 4.69) is 10.3 Å². The van der Waals surface area contributed by atoms with Gasteiger partial charge in [0.2, 0.25) is 11.7 Å². The summed E-state index contributed by atoms with van der Waals surface area (Å²) in [6.07, 6.45) is 1.49. The molecule has 1 amide bonds. The SMILES string of the molecule is Cc1nc([N+](=O)[O-])cn1CCC(=O)Nc1ccc(OCc2ccccc2Cl)cc1. The lowest BCUT2D eigenvalue weighted by molar-refractivity contribution is -0.389. The molecule has 0 unspecified atom stereocenters. The van der Waals surface area contributed by atoms with Crippen LogP contribution in [-0.4, -0.2) is 20.4 Å². The first-order valence-electron chi connectivity index (χ1n) is 8.86. The highest BCUT2D eigenvalue weighted by Gasteiger charge is 2.15. The Kier molecular flexibility index (Phi) is 6.46. The molecule has 0 aliphatic carbocycles. The van der Waals surface area contributed by atoms with Crippen LogP contribution in [0.15, 0.2) is 54.7 Å². The molecule has 3 rings (SSSR count). The van der Waals surface area contributed by atoms with Crippen molar-refractivity contribution in [3.8, 4) is 5.75 Å². The molecule has 0 spiro atoms. The molecule has 0 aliphatic rings. The monoisotopic (exact) mass is 414 g/mol. The Labute approximate surface area is 172 Å². The van der Waals surface area contributed by atoms with Gasteiger partial charge in [0.05, 0.1) is 0 Å². The lowest BCUT2D eigenvalue weighted by Crippen LogP contribution is -2.14. The first kappa shape index (κ1) is 20.3. The second-order valence-electron chi connectivity index (χ2n) is 6.30. The van der Waals surface area contributed by atoms with Crippen LogP contribution in [-0.2, 0) is 17.9 Å². The largest absolute Gasteiger partial charge is 0.489 e. The molecule has 0 fully saturated rings. The van der Waals surface area contributed by atoms with Gasteiger partial charge in [-0.05, 0) is 40.2 Å². The van der Waals surface area contributed by atoms with Crippen molar-refractivity contribution < 1.29 is 14.5 Å². The number of carbonyl (C=O) groups excluding carboxylic acids is 1. The van der Waals surface area contributed by atoms with E-state index < -0.39 is 4.92 Å². The number of anilines is 1. The van der Waals surface area contributed by atoms with Crippen molar-refractivity contribution >= 4 is 29.0 Å². The van der Waals surface area contributed by atoms with Gasteiger partial charge in [0.25, 0.3) is 0 Å². The fourth-order valence-electron chi connectivity index (χ4n) is 2.66. The van der Waals surface area contributed by atoms with Crippen molar-refractivity contribution in [3.05, 3.63) is 81.3 Å². The molecule has 0 aliphatic heterocycles. The number of amides is 1. The summed E-state index contributed by atoms with van der Waals surface area (Å²) in [5.74, 6) is 0.717. The van der Waals surface area contributed by atoms with Crippen molar-refractivity contribution in [2.45, 2.75) is 26.5 Å². The van der Waals surface area contributed by atoms with Gasteiger partial charge in [-0.1, -0.05) is 29.8 Å². The van der Waals surface area contributed by atoms with E-state index in [1.54, 1.807) is 35.8 Å². The number of hydrogen-bond donors (Lipinski definition) is 1. The van der Waals surface area contributed by atoms with Gasteiger partial charge in [0.1, 0.15) is 18.6 Å². The molecule has 0 saturated heterocycles. The quantitative estimate of drug-likeness (QED) is 0.436. The Hall–Kier alpha value is -3.39. The van der Waals surface area contributed by atoms with E-state index in [-0.39, 0.29) is 18.1 Å². The molecular formula is C20H19ClN4O4. The summed E-state index contributed by atoms with van der Waals surface area (Å²) in [5, 5.41) is 14.2. The van der Waals surface area contributed by atoms with Crippen LogP contribution in [0.5, 0.6) is 5.75 Å². The standard InChI is InChI=1S/C20H19ClN4O4/c1-14-22-19(25(27)28)12-24(14)11-10-20(26)23-16-6-8-17(9-7-16)29-13-15-4-2-3-5-18(15)21/h2-9,12H,10-11,13H2,1H3,(H,23,26). The first-order chi connectivity index (χ1) is 13.9. The van der Waals surface area contributed by atoms with E-state index in [4.69, 9.17) is 16.3 Å². The minimum Gasteiger partial charge on any atom is -0.489 e. The van der Waals surface area contributed by atoms with E-state index in [9.17, 15) is 14.9 Å². The Morgan fingerprint density at radius 3 is 2.62 bits per heavy atom. The molecule has 0 atom stereocenters. The molecule has 150 valence electrons. The van der Waals surface area contributed by atoms with E-state index in [1.165, 1.54) is 6.20 Å². The van der Waals surface area contributed by atoms with Crippen LogP contribution in [0, 0.1) is 17.0 Å². The molecule has 9 heteroatoms. The third-order valence-corrected chi connectivity index (χ3v) is 4.59. The normalized spacial score (nSPS) is 10.6. The molecule has 0 saturated carbocycles. The summed E-state index contributed by atoms with van der Waals surface area (Å²) in [5.41, 5.74) is 1.52. The maximum atomic E-state index is 12.1. The fraction of sp³-hybridized carbons (Fsp3) is 0.200. The van der Waals surface area contributed by atoms with Gasteiger partial charge in [-0.25, -0.2) is 0 Å². The van der Waals surface area contributed by atoms with E-state index >= 15 is 0 Å². The van der Waals surface area contributed by atoms with Gasteiger partial charge in [0, 0.05) is 36.2 Å². The minimum atomic E-state index is -0.557. The number of imidazole rings is 1. The average Bonchev–Trinajstić information content (AvgIpc) is 3.08. The van der Waals surface area contributed by atoms with Crippen LogP contribution >= 0.6 is 11.6 Å². The van der Waals surface area contributed by atoms with Gasteiger partial charge in [-0.3, -0.25) is 4.79 Å². The molecule has 8 nitrogen and oxygen atoms in total. The zero-order valence-electron chi connectivity index (χ0n) is 15.7. The van der Waals surface area contributed by atoms with E-state index in [1.807, 2.05) is 24.3 Å². The highest BCUT2D eigenvalue weighted by Crippen LogP contribution is 2.20. The number of rotatable bonds is 8. The van der Waals surface area contributed by atoms with E-state index in [0.29, 0.717) is 35.4 Å². The van der Waals surface area contributed by atoms with Crippen LogP contribution in [0.3, 0.4) is 0 Å². The minimum absolute atomic E-state index is 0.166. The number of ether oxygens (including phenoxy) is 1. The van der Waals surface area contributed by atoms with Gasteiger partial charge < -0.3 is 24.7 Å². The predicted molar refractivity (Wildman–Crippen MR) is 109 cm³/mol. The molecule has 2 aromatic carbocycles. The number of carbonyl (C=O) groups is 1. The van der Waals surface area contributed by atoms with Gasteiger partial charge in [-0.2, -0.15) is 0 Å². The summed E-state index contributed by atoms with van der Waals surface area (Å²) in [6.45, 7) is 2.31. The van der Waals surface area contributed by atoms with Crippen molar-refractivity contribution in [1.29, 1.82) is 0 Å². The highest BCUT2D eigenvalue weighted by atomic mass is 35.5. The zero-order valence-corrected chi connectivity index (χ0v) is 16.4. The van der Waals surface area contributed by atoms with Crippen LogP contribution in [0.1, 0.15) is 17.8 Å². The van der Waals surface area contributed by atoms with Crippen molar-refractivity contribution in [2.24, 2.45) is 0 Å². The number of nitrogens with one attached hydrogen (secondary N) is 1. The number of hydrogen-bond acceptors (Lipinski definition) is 5. The molecule has 29 heavy (non-hydrogen) atoms. The smallest absolute Gasteiger partial charge is 0.381 e. The number of halogens is 1. The average molecular weight is 415 g/mol. The Balaban J connectivity index is 1.49. The topological polar surface area (TPSA) is 99.3 Å². The molecule has 1 N–H and O–H groups in total. The summed E-state index contributed by atoms with van der Waals surface area (Å²) in [4.78, 5) is 26.2. The van der Waals surface area contributed by atoms with Gasteiger partial charge in [0.15, 0.2) is 0 Å². The maximum absolute atomic E-state index is 12.1. The number of benzene rings is 2. The number of aromatic nitrogens is 2. The molecular weight excluding hydrogens is 396 g/mol. The third-order valence-electron chi connectivity index (χ3n) is 4.22. The lowest BCUT2D eigenvalue weighted by atomic mass is 10.2. The summed E-state index contributed by atoms with van der Waals surface area (Å²) in [6, 6.07) is 14.5. The Bertz CT molecular complexity index is 1020. The molecule has 0 radical (unpaired) electrons. The van der Waals surface area contributed by atoms with Crippen LogP contribution in [0.4, 0.5) is 11.5 Å². The molecule has 1 heterocycles. The highest BCUT2D eigenvalue weighted by molar-refractivity contribution is 6.31. The van der Waals surface area contributed by atoms with Gasteiger partial charge >= 0.3 is 5.82 Å². The van der Waals surface area contributed by atoms with Crippen molar-refractivity contribution in [1.82, 2.24) is 9.55 Å². The summed E-state index contributed by atoms with van der Waals surface area (Å²) < 4.78 is 7.30. The van der Waals surface area contributed by atoms with Gasteiger partial charge in [-0.15, -0.1) is 0 Å². The maximum Gasteiger partial charge on any atom is 0.381 e. The Morgan fingerprint density at radius 1 is 1.24 bits per heavy atom. The van der Waals surface area contributed by atoms with Crippen LogP contribution in [0.25, 0.3) is 0 Å². The Morgan fingerprint density at radius 2 is 1.97 bits per heavy atom. The molecule has 0 bridgehead atoms. The number of nitro groups is 1. The van der Waals surface area contributed by atoms with Crippen LogP contribution < -0.4 is 10.1 Å². The van der Waals surface area contributed by atoms with Crippen LogP contribution in [0.2, 0.25) is 5.02 Å². The van der Waals surface area contributed by atoms with Crippen molar-refractivity contribution in [3.63, 3.8) is 0 Å². The molecule has 1 aromatic heterocycles. The van der Waals surface area contributed by atoms with E-state index in [0.717, 1.165) is 5.56 Å². The summed E-state index contributed by atoms with van der Waals surface area (Å²) >= 11 is 6.11. The number of aryl methyl sites for hydroxylation is 2. The second-order valence-corrected chi connectivity index (χ2v) is 6.71. The third kappa shape index (κ3) is 5.55. The molecule has 3 aromatic rings. The van der Waals surface area contributed by atoms with Crippen molar-refractivity contribution in [2.75, 3.05) is 5.32 Å². The summed E-state index contributed by atoms with van der Waals surface area (Å²) in [7, 11) is 0. The lowest BCUT2D eigenvalue weighted by Gasteiger charge is -2.09.